The number of hydrogen-bond acceptors (Lipinski definition) is 4. The van der Waals surface area contributed by atoms with Gasteiger partial charge in [0.15, 0.2) is 5.65 Å². The lowest BCUT2D eigenvalue weighted by molar-refractivity contribution is 0.482. The second-order valence-electron chi connectivity index (χ2n) is 8.54. The third-order valence-corrected chi connectivity index (χ3v) is 5.23. The van der Waals surface area contributed by atoms with Gasteiger partial charge in [0.2, 0.25) is 0 Å². The fraction of sp³-hybridized carbons (Fsp3) is 0.250. The SMILES string of the molecule is Cc1cc(NCc2ccc(Oc3cc(Cl)cc(Cl)c3)cc2)n2nc(C(C)(C)C)cc2n1. The summed E-state index contributed by atoms with van der Waals surface area (Å²) in [5.74, 6) is 2.23. The first-order valence-corrected chi connectivity index (χ1v) is 10.8. The fourth-order valence-corrected chi connectivity index (χ4v) is 3.69. The summed E-state index contributed by atoms with van der Waals surface area (Å²) in [5, 5.41) is 9.32. The highest BCUT2D eigenvalue weighted by Crippen LogP contribution is 2.29. The first-order chi connectivity index (χ1) is 14.7. The number of nitrogens with one attached hydrogen (secondary N) is 1. The molecule has 0 radical (unpaired) electrons. The zero-order valence-corrected chi connectivity index (χ0v) is 19.4. The number of nitrogens with zero attached hydrogens (tertiary/aromatic N) is 3. The summed E-state index contributed by atoms with van der Waals surface area (Å²) in [4.78, 5) is 4.61. The van der Waals surface area contributed by atoms with E-state index in [2.05, 4.69) is 31.1 Å². The molecule has 0 saturated heterocycles. The summed E-state index contributed by atoms with van der Waals surface area (Å²) < 4.78 is 7.72. The van der Waals surface area contributed by atoms with E-state index < -0.39 is 0 Å². The third kappa shape index (κ3) is 5.12. The van der Waals surface area contributed by atoms with E-state index in [-0.39, 0.29) is 5.41 Å². The maximum absolute atomic E-state index is 6.04. The van der Waals surface area contributed by atoms with Crippen LogP contribution in [0.4, 0.5) is 5.82 Å². The minimum atomic E-state index is -0.0398. The number of aromatic nitrogens is 3. The van der Waals surface area contributed by atoms with Crippen molar-refractivity contribution >= 4 is 34.7 Å². The maximum atomic E-state index is 6.04. The molecule has 4 aromatic rings. The summed E-state index contributed by atoms with van der Waals surface area (Å²) in [6.07, 6.45) is 0. The van der Waals surface area contributed by atoms with Crippen LogP contribution in [0.25, 0.3) is 5.65 Å². The predicted molar refractivity (Wildman–Crippen MR) is 127 cm³/mol. The normalized spacial score (nSPS) is 11.7. The molecular formula is C24H24Cl2N4O. The number of benzene rings is 2. The topological polar surface area (TPSA) is 51.5 Å². The van der Waals surface area contributed by atoms with Crippen molar-refractivity contribution in [3.63, 3.8) is 0 Å². The molecule has 0 unspecified atom stereocenters. The molecule has 0 bridgehead atoms. The molecule has 31 heavy (non-hydrogen) atoms. The van der Waals surface area contributed by atoms with Crippen LogP contribution < -0.4 is 10.1 Å². The van der Waals surface area contributed by atoms with Crippen molar-refractivity contribution in [3.8, 4) is 11.5 Å². The Kier molecular flexibility index (Phi) is 5.82. The first kappa shape index (κ1) is 21.5. The molecule has 0 aliphatic rings. The van der Waals surface area contributed by atoms with Crippen molar-refractivity contribution in [2.75, 3.05) is 5.32 Å². The first-order valence-electron chi connectivity index (χ1n) is 10.0. The Morgan fingerprint density at radius 1 is 0.935 bits per heavy atom. The highest BCUT2D eigenvalue weighted by atomic mass is 35.5. The molecular weight excluding hydrogens is 431 g/mol. The standard InChI is InChI=1S/C24H24Cl2N4O/c1-15-9-22(30-23(28-15)13-21(29-30)24(2,3)4)27-14-16-5-7-19(8-6-16)31-20-11-17(25)10-18(26)12-20/h5-13,27H,14H2,1-4H3. The maximum Gasteiger partial charge on any atom is 0.157 e. The van der Waals surface area contributed by atoms with E-state index in [0.29, 0.717) is 28.1 Å². The molecule has 4 rings (SSSR count). The van der Waals surface area contributed by atoms with Crippen LogP contribution in [0, 0.1) is 6.92 Å². The number of anilines is 1. The third-order valence-electron chi connectivity index (χ3n) is 4.79. The monoisotopic (exact) mass is 454 g/mol. The summed E-state index contributed by atoms with van der Waals surface area (Å²) in [7, 11) is 0. The average molecular weight is 455 g/mol. The minimum absolute atomic E-state index is 0.0398. The number of hydrogen-bond donors (Lipinski definition) is 1. The lowest BCUT2D eigenvalue weighted by atomic mass is 9.93. The second-order valence-corrected chi connectivity index (χ2v) is 9.41. The molecule has 0 aliphatic carbocycles. The molecule has 0 spiro atoms. The Morgan fingerprint density at radius 3 is 2.26 bits per heavy atom. The van der Waals surface area contributed by atoms with Gasteiger partial charge < -0.3 is 10.1 Å². The molecule has 2 heterocycles. The van der Waals surface area contributed by atoms with Crippen LogP contribution in [0.15, 0.2) is 54.6 Å². The molecule has 160 valence electrons. The van der Waals surface area contributed by atoms with Crippen LogP contribution in [-0.2, 0) is 12.0 Å². The van der Waals surface area contributed by atoms with Gasteiger partial charge in [0, 0.05) is 39.8 Å². The van der Waals surface area contributed by atoms with Crippen LogP contribution in [0.3, 0.4) is 0 Å². The van der Waals surface area contributed by atoms with Gasteiger partial charge in [0.1, 0.15) is 17.3 Å². The van der Waals surface area contributed by atoms with Gasteiger partial charge in [0.05, 0.1) is 5.69 Å². The van der Waals surface area contributed by atoms with Crippen LogP contribution in [0.5, 0.6) is 11.5 Å². The molecule has 0 amide bonds. The minimum Gasteiger partial charge on any atom is -0.457 e. The van der Waals surface area contributed by atoms with E-state index in [0.717, 1.165) is 28.4 Å². The quantitative estimate of drug-likeness (QED) is 0.351. The van der Waals surface area contributed by atoms with E-state index in [4.69, 9.17) is 33.0 Å². The van der Waals surface area contributed by atoms with Crippen molar-refractivity contribution in [3.05, 3.63) is 81.6 Å². The van der Waals surface area contributed by atoms with Gasteiger partial charge >= 0.3 is 0 Å². The largest absolute Gasteiger partial charge is 0.457 e. The Hall–Kier alpha value is -2.76. The van der Waals surface area contributed by atoms with Gasteiger partial charge in [-0.3, -0.25) is 0 Å². The van der Waals surface area contributed by atoms with Crippen LogP contribution in [0.1, 0.15) is 37.7 Å². The molecule has 0 fully saturated rings. The molecule has 0 saturated carbocycles. The van der Waals surface area contributed by atoms with Crippen molar-refractivity contribution in [2.24, 2.45) is 0 Å². The van der Waals surface area contributed by atoms with Crippen LogP contribution >= 0.6 is 23.2 Å². The molecule has 0 aliphatic heterocycles. The van der Waals surface area contributed by atoms with Crippen molar-refractivity contribution in [2.45, 2.75) is 39.7 Å². The Balaban J connectivity index is 1.49. The number of aryl methyl sites for hydroxylation is 1. The van der Waals surface area contributed by atoms with Crippen LogP contribution in [-0.4, -0.2) is 14.6 Å². The lowest BCUT2D eigenvalue weighted by Gasteiger charge is -2.14. The molecule has 0 atom stereocenters. The average Bonchev–Trinajstić information content (AvgIpc) is 3.11. The van der Waals surface area contributed by atoms with Gasteiger partial charge in [0.25, 0.3) is 0 Å². The van der Waals surface area contributed by atoms with Gasteiger partial charge in [-0.15, -0.1) is 0 Å². The van der Waals surface area contributed by atoms with E-state index in [1.165, 1.54) is 0 Å². The smallest absolute Gasteiger partial charge is 0.157 e. The second kappa shape index (κ2) is 8.40. The predicted octanol–water partition coefficient (Wildman–Crippen LogP) is 7.05. The number of fused-ring (bicyclic) bond motifs is 1. The van der Waals surface area contributed by atoms with Gasteiger partial charge in [-0.25, -0.2) is 4.98 Å². The highest BCUT2D eigenvalue weighted by molar-refractivity contribution is 6.34. The van der Waals surface area contributed by atoms with E-state index >= 15 is 0 Å². The van der Waals surface area contributed by atoms with E-state index in [1.807, 2.05) is 47.8 Å². The lowest BCUT2D eigenvalue weighted by Crippen LogP contribution is -2.12. The Labute approximate surface area is 192 Å². The van der Waals surface area contributed by atoms with Gasteiger partial charge in [-0.05, 0) is 42.8 Å². The van der Waals surface area contributed by atoms with Gasteiger partial charge in [-0.2, -0.15) is 9.61 Å². The number of halogens is 2. The summed E-state index contributed by atoms with van der Waals surface area (Å²) >= 11 is 12.1. The number of ether oxygens (including phenoxy) is 1. The molecule has 7 heteroatoms. The van der Waals surface area contributed by atoms with Gasteiger partial charge in [-0.1, -0.05) is 56.1 Å². The van der Waals surface area contributed by atoms with Crippen molar-refractivity contribution < 1.29 is 4.74 Å². The van der Waals surface area contributed by atoms with E-state index in [9.17, 15) is 0 Å². The van der Waals surface area contributed by atoms with Crippen LogP contribution in [0.2, 0.25) is 10.0 Å². The highest BCUT2D eigenvalue weighted by Gasteiger charge is 2.19. The van der Waals surface area contributed by atoms with E-state index in [1.54, 1.807) is 18.2 Å². The molecule has 2 aromatic carbocycles. The number of rotatable bonds is 5. The Bertz CT molecular complexity index is 1210. The molecule has 5 nitrogen and oxygen atoms in total. The fourth-order valence-electron chi connectivity index (χ4n) is 3.18. The summed E-state index contributed by atoms with van der Waals surface area (Å²) in [6, 6.07) is 17.1. The molecule has 1 N–H and O–H groups in total. The zero-order chi connectivity index (χ0) is 22.2. The summed E-state index contributed by atoms with van der Waals surface area (Å²) in [5.41, 5.74) is 3.87. The zero-order valence-electron chi connectivity index (χ0n) is 17.9. The molecule has 2 aromatic heterocycles. The van der Waals surface area contributed by atoms with Crippen molar-refractivity contribution in [1.82, 2.24) is 14.6 Å². The summed E-state index contributed by atoms with van der Waals surface area (Å²) in [6.45, 7) is 9.08. The Morgan fingerprint density at radius 2 is 1.61 bits per heavy atom. The van der Waals surface area contributed by atoms with Crippen molar-refractivity contribution in [1.29, 1.82) is 0 Å².